The van der Waals surface area contributed by atoms with Crippen molar-refractivity contribution in [2.24, 2.45) is 0 Å². The highest BCUT2D eigenvalue weighted by molar-refractivity contribution is 6.32. The second-order valence-electron chi connectivity index (χ2n) is 8.85. The standard InChI is InChI=1S/C25H24ClF3N4O4/c1-15-12-19(8-9-20(15)33(35)36)37-14-16-4-2-5-18(13-16)24(34)30-10-3-11-32-22(17-6-7-17)21(26)23(31-32)25(27,28)29/h2,4-5,8-9,12-13,17H,3,6-7,10-11,14H2,1H3,(H,30,34). The first kappa shape index (κ1) is 26.5. The van der Waals surface area contributed by atoms with E-state index in [4.69, 9.17) is 16.3 Å². The molecule has 196 valence electrons. The van der Waals surface area contributed by atoms with Crippen LogP contribution in [-0.4, -0.2) is 27.2 Å². The van der Waals surface area contributed by atoms with E-state index in [0.29, 0.717) is 29.0 Å². The minimum atomic E-state index is -4.62. The van der Waals surface area contributed by atoms with Gasteiger partial charge < -0.3 is 10.1 Å². The molecule has 0 bridgehead atoms. The molecule has 0 unspecified atom stereocenters. The van der Waals surface area contributed by atoms with Crippen LogP contribution in [0.2, 0.25) is 5.02 Å². The number of aromatic nitrogens is 2. The molecule has 0 radical (unpaired) electrons. The Morgan fingerprint density at radius 2 is 2.03 bits per heavy atom. The fourth-order valence-corrected chi connectivity index (χ4v) is 4.37. The van der Waals surface area contributed by atoms with E-state index in [1.807, 2.05) is 0 Å². The molecule has 0 spiro atoms. The highest BCUT2D eigenvalue weighted by atomic mass is 35.5. The lowest BCUT2D eigenvalue weighted by atomic mass is 10.1. The van der Waals surface area contributed by atoms with Crippen LogP contribution in [0.1, 0.15) is 58.1 Å². The van der Waals surface area contributed by atoms with Crippen LogP contribution in [0.25, 0.3) is 0 Å². The van der Waals surface area contributed by atoms with Gasteiger partial charge >= 0.3 is 6.18 Å². The summed E-state index contributed by atoms with van der Waals surface area (Å²) < 4.78 is 46.6. The van der Waals surface area contributed by atoms with Crippen molar-refractivity contribution in [1.82, 2.24) is 15.1 Å². The van der Waals surface area contributed by atoms with Crippen LogP contribution in [-0.2, 0) is 19.3 Å². The van der Waals surface area contributed by atoms with Crippen LogP contribution >= 0.6 is 11.6 Å². The number of nitro benzene ring substituents is 1. The zero-order valence-electron chi connectivity index (χ0n) is 19.8. The maximum Gasteiger partial charge on any atom is 0.436 e. The number of ether oxygens (including phenoxy) is 1. The Hall–Kier alpha value is -3.60. The number of alkyl halides is 3. The van der Waals surface area contributed by atoms with E-state index in [-0.39, 0.29) is 42.2 Å². The van der Waals surface area contributed by atoms with Crippen molar-refractivity contribution in [1.29, 1.82) is 0 Å². The number of amides is 1. The van der Waals surface area contributed by atoms with Gasteiger partial charge in [0.1, 0.15) is 12.4 Å². The second kappa shape index (κ2) is 10.8. The third kappa shape index (κ3) is 6.40. The molecule has 1 heterocycles. The van der Waals surface area contributed by atoms with Gasteiger partial charge in [-0.1, -0.05) is 23.7 Å². The highest BCUT2D eigenvalue weighted by Crippen LogP contribution is 2.46. The van der Waals surface area contributed by atoms with E-state index < -0.39 is 16.8 Å². The molecular formula is C25H24ClF3N4O4. The number of carbonyl (C=O) groups is 1. The minimum absolute atomic E-state index is 0.00577. The van der Waals surface area contributed by atoms with Gasteiger partial charge in [-0.2, -0.15) is 18.3 Å². The number of halogens is 4. The van der Waals surface area contributed by atoms with Gasteiger partial charge in [-0.25, -0.2) is 0 Å². The Balaban J connectivity index is 1.30. The van der Waals surface area contributed by atoms with Gasteiger partial charge in [-0.3, -0.25) is 19.6 Å². The lowest BCUT2D eigenvalue weighted by Crippen LogP contribution is -2.25. The summed E-state index contributed by atoms with van der Waals surface area (Å²) >= 11 is 5.99. The van der Waals surface area contributed by atoms with Crippen molar-refractivity contribution in [3.05, 3.63) is 85.7 Å². The largest absolute Gasteiger partial charge is 0.489 e. The van der Waals surface area contributed by atoms with Crippen molar-refractivity contribution in [2.75, 3.05) is 6.54 Å². The summed E-state index contributed by atoms with van der Waals surface area (Å²) in [5.41, 5.74) is 0.960. The second-order valence-corrected chi connectivity index (χ2v) is 9.22. The van der Waals surface area contributed by atoms with Crippen molar-refractivity contribution in [3.63, 3.8) is 0 Å². The molecule has 0 aliphatic heterocycles. The quantitative estimate of drug-likeness (QED) is 0.193. The van der Waals surface area contributed by atoms with Gasteiger partial charge in [0.25, 0.3) is 11.6 Å². The Morgan fingerprint density at radius 1 is 1.27 bits per heavy atom. The SMILES string of the molecule is Cc1cc(OCc2cccc(C(=O)NCCCn3nc(C(F)(F)F)c(Cl)c3C3CC3)c2)ccc1[N+](=O)[O-]. The highest BCUT2D eigenvalue weighted by Gasteiger charge is 2.41. The first-order chi connectivity index (χ1) is 17.5. The third-order valence-corrected chi connectivity index (χ3v) is 6.33. The molecule has 1 amide bonds. The van der Waals surface area contributed by atoms with Gasteiger partial charge in [-0.05, 0) is 56.0 Å². The number of nitro groups is 1. The summed E-state index contributed by atoms with van der Waals surface area (Å²) in [6.07, 6.45) is -2.68. The predicted molar refractivity (Wildman–Crippen MR) is 130 cm³/mol. The number of rotatable bonds is 10. The fraction of sp³-hybridized carbons (Fsp3) is 0.360. The first-order valence-electron chi connectivity index (χ1n) is 11.6. The van der Waals surface area contributed by atoms with Crippen molar-refractivity contribution < 1.29 is 27.6 Å². The van der Waals surface area contributed by atoms with E-state index in [1.165, 1.54) is 16.8 Å². The zero-order valence-corrected chi connectivity index (χ0v) is 20.6. The Kier molecular flexibility index (Phi) is 7.72. The number of hydrogen-bond donors (Lipinski definition) is 1. The summed E-state index contributed by atoms with van der Waals surface area (Å²) in [7, 11) is 0. The Morgan fingerprint density at radius 3 is 2.68 bits per heavy atom. The lowest BCUT2D eigenvalue weighted by Gasteiger charge is -2.10. The van der Waals surface area contributed by atoms with E-state index in [2.05, 4.69) is 10.4 Å². The van der Waals surface area contributed by atoms with E-state index >= 15 is 0 Å². The van der Waals surface area contributed by atoms with Crippen LogP contribution in [0.5, 0.6) is 5.75 Å². The van der Waals surface area contributed by atoms with Crippen LogP contribution in [0.3, 0.4) is 0 Å². The van der Waals surface area contributed by atoms with E-state index in [1.54, 1.807) is 37.3 Å². The first-order valence-corrected chi connectivity index (χ1v) is 12.0. The molecule has 0 saturated heterocycles. The Bertz CT molecular complexity index is 1320. The van der Waals surface area contributed by atoms with Gasteiger partial charge in [0.05, 0.1) is 15.6 Å². The predicted octanol–water partition coefficient (Wildman–Crippen LogP) is 6.05. The van der Waals surface area contributed by atoms with Crippen LogP contribution in [0.4, 0.5) is 18.9 Å². The van der Waals surface area contributed by atoms with Crippen LogP contribution in [0, 0.1) is 17.0 Å². The molecule has 1 aromatic heterocycles. The number of benzene rings is 2. The summed E-state index contributed by atoms with van der Waals surface area (Å²) in [5, 5.41) is 17.1. The average Bonchev–Trinajstić information content (AvgIpc) is 3.62. The lowest BCUT2D eigenvalue weighted by molar-refractivity contribution is -0.385. The Labute approximate surface area is 215 Å². The molecule has 4 rings (SSSR count). The van der Waals surface area contributed by atoms with Gasteiger partial charge in [0, 0.05) is 36.2 Å². The fourth-order valence-electron chi connectivity index (χ4n) is 3.98. The van der Waals surface area contributed by atoms with E-state index in [0.717, 1.165) is 18.4 Å². The summed E-state index contributed by atoms with van der Waals surface area (Å²) in [5.74, 6) is 0.131. The molecule has 1 fully saturated rings. The van der Waals surface area contributed by atoms with Crippen molar-refractivity contribution in [2.45, 2.75) is 51.4 Å². The molecule has 1 aliphatic rings. The number of hydrogen-bond acceptors (Lipinski definition) is 5. The smallest absolute Gasteiger partial charge is 0.436 e. The normalized spacial score (nSPS) is 13.4. The maximum absolute atomic E-state index is 13.2. The zero-order chi connectivity index (χ0) is 26.7. The molecule has 3 aromatic rings. The molecule has 37 heavy (non-hydrogen) atoms. The van der Waals surface area contributed by atoms with Crippen molar-refractivity contribution in [3.8, 4) is 5.75 Å². The summed E-state index contributed by atoms with van der Waals surface area (Å²) in [6, 6.07) is 11.3. The molecule has 12 heteroatoms. The van der Waals surface area contributed by atoms with Crippen molar-refractivity contribution >= 4 is 23.2 Å². The number of aryl methyl sites for hydroxylation is 2. The van der Waals surface area contributed by atoms with Crippen LogP contribution < -0.4 is 10.1 Å². The van der Waals surface area contributed by atoms with Gasteiger partial charge in [0.15, 0.2) is 5.69 Å². The topological polar surface area (TPSA) is 99.3 Å². The molecule has 1 N–H and O–H groups in total. The maximum atomic E-state index is 13.2. The third-order valence-electron chi connectivity index (χ3n) is 5.96. The van der Waals surface area contributed by atoms with Crippen LogP contribution in [0.15, 0.2) is 42.5 Å². The summed E-state index contributed by atoms with van der Waals surface area (Å²) in [6.45, 7) is 2.22. The molecule has 8 nitrogen and oxygen atoms in total. The van der Waals surface area contributed by atoms with Gasteiger partial charge in [-0.15, -0.1) is 0 Å². The molecule has 1 aliphatic carbocycles. The number of carbonyl (C=O) groups excluding carboxylic acids is 1. The molecule has 2 aromatic carbocycles. The minimum Gasteiger partial charge on any atom is -0.489 e. The number of nitrogens with one attached hydrogen (secondary N) is 1. The molecular weight excluding hydrogens is 513 g/mol. The molecule has 1 saturated carbocycles. The molecule has 0 atom stereocenters. The average molecular weight is 537 g/mol. The van der Waals surface area contributed by atoms with E-state index in [9.17, 15) is 28.1 Å². The number of nitrogens with zero attached hydrogens (tertiary/aromatic N) is 3. The monoisotopic (exact) mass is 536 g/mol. The van der Waals surface area contributed by atoms with Gasteiger partial charge in [0.2, 0.25) is 0 Å². The summed E-state index contributed by atoms with van der Waals surface area (Å²) in [4.78, 5) is 23.1.